The van der Waals surface area contributed by atoms with Crippen molar-refractivity contribution in [2.75, 3.05) is 4.90 Å². The van der Waals surface area contributed by atoms with Gasteiger partial charge in [0.1, 0.15) is 5.78 Å². The number of Topliss-reactive ketones (excluding diaryl/α,β-unsaturated/α-hetero) is 1. The summed E-state index contributed by atoms with van der Waals surface area (Å²) in [7, 11) is 0. The summed E-state index contributed by atoms with van der Waals surface area (Å²) in [5, 5.41) is 2.50. The van der Waals surface area contributed by atoms with Crippen molar-refractivity contribution in [3.05, 3.63) is 40.9 Å². The molecule has 1 aliphatic heterocycles. The zero-order valence-electron chi connectivity index (χ0n) is 13.2. The Bertz CT molecular complexity index is 560. The van der Waals surface area contributed by atoms with Gasteiger partial charge in [-0.1, -0.05) is 26.8 Å². The van der Waals surface area contributed by atoms with Crippen LogP contribution in [-0.4, -0.2) is 11.2 Å². The van der Waals surface area contributed by atoms with Crippen LogP contribution in [0.15, 0.2) is 29.8 Å². The molecule has 1 unspecified atom stereocenters. The highest BCUT2D eigenvalue weighted by Gasteiger charge is 2.32. The van der Waals surface area contributed by atoms with E-state index in [1.54, 1.807) is 6.92 Å². The fourth-order valence-corrected chi connectivity index (χ4v) is 3.65. The van der Waals surface area contributed by atoms with E-state index in [1.807, 2.05) is 17.8 Å². The summed E-state index contributed by atoms with van der Waals surface area (Å²) in [5.41, 5.74) is 9.18. The number of carbonyl (C=O) groups excluding carboxylic acids is 1. The molecule has 0 bridgehead atoms. The molecule has 1 heterocycles. The quantitative estimate of drug-likeness (QED) is 0.922. The molecule has 0 fully saturated rings. The number of carbonyl (C=O) groups is 1. The summed E-state index contributed by atoms with van der Waals surface area (Å²) in [6, 6.07) is 6.25. The second-order valence-electron chi connectivity index (χ2n) is 6.58. The van der Waals surface area contributed by atoms with Crippen molar-refractivity contribution in [1.82, 2.24) is 0 Å². The molecule has 1 aromatic carbocycles. The average Bonchev–Trinajstić information content (AvgIpc) is 2.87. The Hall–Kier alpha value is -1.26. The van der Waals surface area contributed by atoms with Gasteiger partial charge < -0.3 is 10.6 Å². The third kappa shape index (κ3) is 3.69. The van der Waals surface area contributed by atoms with Gasteiger partial charge >= 0.3 is 0 Å². The third-order valence-electron chi connectivity index (χ3n) is 3.57. The lowest BCUT2D eigenvalue weighted by Crippen LogP contribution is -2.36. The van der Waals surface area contributed by atoms with Crippen LogP contribution in [-0.2, 0) is 17.8 Å². The molecular formula is C17H24N2OS. The zero-order chi connectivity index (χ0) is 15.6. The minimum absolute atomic E-state index is 0.167. The minimum Gasteiger partial charge on any atom is -0.334 e. The number of ketones is 1. The van der Waals surface area contributed by atoms with E-state index in [2.05, 4.69) is 49.4 Å². The fraction of sp³-hybridized carbons (Fsp3) is 0.471. The molecule has 1 atom stereocenters. The Labute approximate surface area is 131 Å². The largest absolute Gasteiger partial charge is 0.334 e. The van der Waals surface area contributed by atoms with Crippen molar-refractivity contribution in [2.45, 2.75) is 46.0 Å². The first-order valence-electron chi connectivity index (χ1n) is 7.24. The monoisotopic (exact) mass is 304 g/mol. The standard InChI is InChI=1S/C17H24N2OS/c1-12(20)9-14-10-15(6-5-13(14)11-18)19-7-8-21-16(19)17(2,3)4/h5-8,10,16H,9,11,18H2,1-4H3. The zero-order valence-corrected chi connectivity index (χ0v) is 14.0. The van der Waals surface area contributed by atoms with Crippen LogP contribution in [0.2, 0.25) is 0 Å². The molecule has 0 aliphatic carbocycles. The molecular weight excluding hydrogens is 280 g/mol. The van der Waals surface area contributed by atoms with Gasteiger partial charge in [-0.05, 0) is 41.0 Å². The Kier molecular flexibility index (Phi) is 4.79. The normalized spacial score (nSPS) is 18.3. The molecule has 3 nitrogen and oxygen atoms in total. The number of thioether (sulfide) groups is 1. The first-order valence-corrected chi connectivity index (χ1v) is 8.19. The predicted molar refractivity (Wildman–Crippen MR) is 91.2 cm³/mol. The molecule has 1 aliphatic rings. The number of anilines is 1. The Morgan fingerprint density at radius 1 is 1.33 bits per heavy atom. The van der Waals surface area contributed by atoms with E-state index in [0.717, 1.165) is 16.8 Å². The number of hydrogen-bond donors (Lipinski definition) is 1. The lowest BCUT2D eigenvalue weighted by Gasteiger charge is -2.35. The highest BCUT2D eigenvalue weighted by Crippen LogP contribution is 2.41. The first-order chi connectivity index (χ1) is 9.82. The molecule has 0 amide bonds. The van der Waals surface area contributed by atoms with E-state index in [0.29, 0.717) is 18.3 Å². The smallest absolute Gasteiger partial charge is 0.134 e. The Morgan fingerprint density at radius 2 is 2.05 bits per heavy atom. The highest BCUT2D eigenvalue weighted by molar-refractivity contribution is 8.03. The first kappa shape index (κ1) is 16.1. The van der Waals surface area contributed by atoms with Crippen molar-refractivity contribution in [1.29, 1.82) is 0 Å². The van der Waals surface area contributed by atoms with E-state index in [1.165, 1.54) is 0 Å². The number of rotatable bonds is 4. The maximum absolute atomic E-state index is 11.5. The fourth-order valence-electron chi connectivity index (χ4n) is 2.57. The van der Waals surface area contributed by atoms with Crippen molar-refractivity contribution in [2.24, 2.45) is 11.1 Å². The summed E-state index contributed by atoms with van der Waals surface area (Å²) >= 11 is 1.84. The van der Waals surface area contributed by atoms with Gasteiger partial charge in [0.2, 0.25) is 0 Å². The summed E-state index contributed by atoms with van der Waals surface area (Å²) < 4.78 is 0. The van der Waals surface area contributed by atoms with E-state index in [-0.39, 0.29) is 11.2 Å². The van der Waals surface area contributed by atoms with Gasteiger partial charge in [-0.15, -0.1) is 11.8 Å². The number of nitrogens with two attached hydrogens (primary N) is 1. The van der Waals surface area contributed by atoms with Gasteiger partial charge in [-0.2, -0.15) is 0 Å². The van der Waals surface area contributed by atoms with Gasteiger partial charge in [0.25, 0.3) is 0 Å². The highest BCUT2D eigenvalue weighted by atomic mass is 32.2. The summed E-state index contributed by atoms with van der Waals surface area (Å²) in [4.78, 5) is 13.8. The van der Waals surface area contributed by atoms with Crippen LogP contribution in [0.25, 0.3) is 0 Å². The van der Waals surface area contributed by atoms with Crippen LogP contribution < -0.4 is 10.6 Å². The second-order valence-corrected chi connectivity index (χ2v) is 7.57. The second kappa shape index (κ2) is 6.24. The molecule has 0 saturated carbocycles. The van der Waals surface area contributed by atoms with Crippen LogP contribution in [0.4, 0.5) is 5.69 Å². The third-order valence-corrected chi connectivity index (χ3v) is 5.04. The van der Waals surface area contributed by atoms with Crippen molar-refractivity contribution < 1.29 is 4.79 Å². The van der Waals surface area contributed by atoms with E-state index in [4.69, 9.17) is 5.73 Å². The number of hydrogen-bond acceptors (Lipinski definition) is 4. The van der Waals surface area contributed by atoms with Gasteiger partial charge in [-0.3, -0.25) is 4.79 Å². The lowest BCUT2D eigenvalue weighted by molar-refractivity contribution is -0.116. The minimum atomic E-state index is 0.167. The molecule has 4 heteroatoms. The Morgan fingerprint density at radius 3 is 2.62 bits per heavy atom. The topological polar surface area (TPSA) is 46.3 Å². The van der Waals surface area contributed by atoms with Crippen LogP contribution >= 0.6 is 11.8 Å². The SMILES string of the molecule is CC(=O)Cc1cc(N2C=CSC2C(C)(C)C)ccc1CN. The van der Waals surface area contributed by atoms with E-state index in [9.17, 15) is 4.79 Å². The molecule has 2 rings (SSSR count). The summed E-state index contributed by atoms with van der Waals surface area (Å²) in [6.45, 7) is 8.83. The average molecular weight is 304 g/mol. The van der Waals surface area contributed by atoms with E-state index < -0.39 is 0 Å². The summed E-state index contributed by atoms with van der Waals surface area (Å²) in [5.74, 6) is 0.167. The molecule has 0 spiro atoms. The van der Waals surface area contributed by atoms with Crippen LogP contribution in [0.5, 0.6) is 0 Å². The van der Waals surface area contributed by atoms with Crippen molar-refractivity contribution in [3.63, 3.8) is 0 Å². The van der Waals surface area contributed by atoms with Gasteiger partial charge in [0.05, 0.1) is 5.37 Å². The van der Waals surface area contributed by atoms with Crippen LogP contribution in [0.3, 0.4) is 0 Å². The predicted octanol–water partition coefficient (Wildman–Crippen LogP) is 3.67. The maximum Gasteiger partial charge on any atom is 0.134 e. The maximum atomic E-state index is 11.5. The molecule has 1 aromatic rings. The van der Waals surface area contributed by atoms with Gasteiger partial charge in [0, 0.05) is 24.9 Å². The van der Waals surface area contributed by atoms with Crippen molar-refractivity contribution in [3.8, 4) is 0 Å². The molecule has 114 valence electrons. The molecule has 0 saturated heterocycles. The Balaban J connectivity index is 2.35. The number of nitrogens with zero attached hydrogens (tertiary/aromatic N) is 1. The number of benzene rings is 1. The van der Waals surface area contributed by atoms with E-state index >= 15 is 0 Å². The lowest BCUT2D eigenvalue weighted by atomic mass is 9.94. The summed E-state index contributed by atoms with van der Waals surface area (Å²) in [6.07, 6.45) is 2.57. The van der Waals surface area contributed by atoms with Gasteiger partial charge in [-0.25, -0.2) is 0 Å². The van der Waals surface area contributed by atoms with Gasteiger partial charge in [0.15, 0.2) is 0 Å². The van der Waals surface area contributed by atoms with Crippen LogP contribution in [0.1, 0.15) is 38.8 Å². The molecule has 0 aromatic heterocycles. The van der Waals surface area contributed by atoms with Crippen LogP contribution in [0, 0.1) is 5.41 Å². The molecule has 0 radical (unpaired) electrons. The van der Waals surface area contributed by atoms with Crippen molar-refractivity contribution >= 4 is 23.2 Å². The molecule has 21 heavy (non-hydrogen) atoms. The molecule has 2 N–H and O–H groups in total.